The topological polar surface area (TPSA) is 56.4 Å². The van der Waals surface area contributed by atoms with Gasteiger partial charge in [-0.05, 0) is 45.9 Å². The van der Waals surface area contributed by atoms with Gasteiger partial charge < -0.3 is 18.6 Å². The highest BCUT2D eigenvalue weighted by atomic mass is 28.3. The van der Waals surface area contributed by atoms with Crippen LogP contribution in [0.25, 0.3) is 10.9 Å². The molecule has 0 aliphatic carbocycles. The van der Waals surface area contributed by atoms with Crippen LogP contribution in [0.5, 0.6) is 0 Å². The summed E-state index contributed by atoms with van der Waals surface area (Å²) in [6.07, 6.45) is 1.89. The molecule has 8 heteroatoms. The first-order chi connectivity index (χ1) is 13.3. The number of rotatable bonds is 6. The highest BCUT2D eigenvalue weighted by Gasteiger charge is 2.52. The molecule has 0 radical (unpaired) electrons. The highest BCUT2D eigenvalue weighted by molar-refractivity contribution is 6.76. The van der Waals surface area contributed by atoms with Crippen LogP contribution in [-0.4, -0.2) is 37.6 Å². The minimum Gasteiger partial charge on any atom is -0.399 e. The molecule has 0 N–H and O–H groups in total. The summed E-state index contributed by atoms with van der Waals surface area (Å²) >= 11 is 0. The van der Waals surface area contributed by atoms with Gasteiger partial charge in [-0.15, -0.1) is 0 Å². The lowest BCUT2D eigenvalue weighted by Gasteiger charge is -2.32. The largest absolute Gasteiger partial charge is 0.497 e. The van der Waals surface area contributed by atoms with E-state index in [9.17, 15) is 9.65 Å². The SMILES string of the molecule is CC1(C)OB(c2cn(COCC[Si](C)(C)C)c3cc(C#N)c(F)cc23)OC1(C)C. The van der Waals surface area contributed by atoms with Crippen LogP contribution in [0.1, 0.15) is 33.3 Å². The molecule has 1 aromatic heterocycles. The van der Waals surface area contributed by atoms with Crippen molar-refractivity contribution >= 4 is 31.6 Å². The normalized spacial score (nSPS) is 18.4. The van der Waals surface area contributed by atoms with Gasteiger partial charge in [0, 0.05) is 31.7 Å². The molecule has 0 bridgehead atoms. The van der Waals surface area contributed by atoms with Gasteiger partial charge in [0.05, 0.1) is 22.3 Å². The van der Waals surface area contributed by atoms with Crippen LogP contribution in [0.4, 0.5) is 4.39 Å². The summed E-state index contributed by atoms with van der Waals surface area (Å²) in [4.78, 5) is 0. The Kier molecular flexibility index (Phi) is 5.74. The number of halogens is 1. The Labute approximate surface area is 173 Å². The first-order valence-electron chi connectivity index (χ1n) is 10.0. The van der Waals surface area contributed by atoms with Crippen LogP contribution in [0.15, 0.2) is 18.3 Å². The first-order valence-corrected chi connectivity index (χ1v) is 13.7. The van der Waals surface area contributed by atoms with E-state index < -0.39 is 32.2 Å². The highest BCUT2D eigenvalue weighted by Crippen LogP contribution is 2.37. The van der Waals surface area contributed by atoms with Gasteiger partial charge in [0.15, 0.2) is 0 Å². The van der Waals surface area contributed by atoms with Crippen molar-refractivity contribution in [2.24, 2.45) is 0 Å². The molecule has 0 amide bonds. The first kappa shape index (κ1) is 22.0. The molecular weight excluding hydrogens is 386 g/mol. The van der Waals surface area contributed by atoms with Crippen LogP contribution in [-0.2, 0) is 20.8 Å². The zero-order chi connectivity index (χ0) is 21.6. The molecule has 0 atom stereocenters. The second-order valence-corrected chi connectivity index (χ2v) is 15.6. The molecule has 1 aliphatic rings. The molecule has 0 saturated carbocycles. The fourth-order valence-electron chi connectivity index (χ4n) is 3.23. The van der Waals surface area contributed by atoms with E-state index in [2.05, 4.69) is 19.6 Å². The molecule has 1 fully saturated rings. The Morgan fingerprint density at radius 1 is 1.17 bits per heavy atom. The van der Waals surface area contributed by atoms with Crippen molar-refractivity contribution in [2.45, 2.75) is 71.3 Å². The number of benzene rings is 1. The molecule has 5 nitrogen and oxygen atoms in total. The van der Waals surface area contributed by atoms with Crippen LogP contribution >= 0.6 is 0 Å². The van der Waals surface area contributed by atoms with Crippen molar-refractivity contribution < 1.29 is 18.4 Å². The van der Waals surface area contributed by atoms with Gasteiger partial charge in [-0.1, -0.05) is 19.6 Å². The summed E-state index contributed by atoms with van der Waals surface area (Å²) in [5, 5.41) is 9.93. The zero-order valence-electron chi connectivity index (χ0n) is 18.4. The molecule has 1 aromatic carbocycles. The molecule has 3 rings (SSSR count). The number of nitrogens with zero attached hydrogens (tertiary/aromatic N) is 2. The van der Waals surface area contributed by atoms with E-state index in [1.807, 2.05) is 44.5 Å². The smallest absolute Gasteiger partial charge is 0.399 e. The fourth-order valence-corrected chi connectivity index (χ4v) is 3.99. The van der Waals surface area contributed by atoms with Gasteiger partial charge in [0.25, 0.3) is 0 Å². The predicted molar refractivity (Wildman–Crippen MR) is 116 cm³/mol. The summed E-state index contributed by atoms with van der Waals surface area (Å²) in [6.45, 7) is 15.9. The summed E-state index contributed by atoms with van der Waals surface area (Å²) in [5.41, 5.74) is 0.506. The van der Waals surface area contributed by atoms with Gasteiger partial charge in [0.2, 0.25) is 0 Å². The minimum absolute atomic E-state index is 0.0133. The molecule has 1 saturated heterocycles. The molecule has 2 aromatic rings. The van der Waals surface area contributed by atoms with E-state index in [0.29, 0.717) is 18.7 Å². The standard InChI is InChI=1S/C21H30BFN2O3Si/c1-20(2)21(3,4)28-22(27-20)17-13-25(14-26-8-9-29(5,6)7)19-10-15(12-24)18(23)11-16(17)19/h10-11,13H,8-9,14H2,1-7H3. The molecule has 2 heterocycles. The second kappa shape index (κ2) is 7.55. The second-order valence-electron chi connectivity index (χ2n) is 9.95. The average Bonchev–Trinajstić information content (AvgIpc) is 3.03. The Morgan fingerprint density at radius 3 is 2.34 bits per heavy atom. The minimum atomic E-state index is -1.19. The Bertz CT molecular complexity index is 943. The zero-order valence-corrected chi connectivity index (χ0v) is 19.4. The lowest BCUT2D eigenvalue weighted by atomic mass is 9.79. The number of ether oxygens (including phenoxy) is 1. The number of fused-ring (bicyclic) bond motifs is 1. The maximum Gasteiger partial charge on any atom is 0.497 e. The Hall–Kier alpha value is -1.66. The van der Waals surface area contributed by atoms with E-state index >= 15 is 0 Å². The van der Waals surface area contributed by atoms with Crippen molar-refractivity contribution in [3.8, 4) is 6.07 Å². The summed E-state index contributed by atoms with van der Waals surface area (Å²) in [7, 11) is -1.80. The maximum absolute atomic E-state index is 14.4. The summed E-state index contributed by atoms with van der Waals surface area (Å²) < 4.78 is 34.6. The van der Waals surface area contributed by atoms with Gasteiger partial charge in [0.1, 0.15) is 18.6 Å². The van der Waals surface area contributed by atoms with Gasteiger partial charge in [-0.25, -0.2) is 4.39 Å². The van der Waals surface area contributed by atoms with E-state index in [4.69, 9.17) is 14.0 Å². The van der Waals surface area contributed by atoms with E-state index in [0.717, 1.165) is 17.0 Å². The van der Waals surface area contributed by atoms with Crippen molar-refractivity contribution in [1.29, 1.82) is 5.26 Å². The van der Waals surface area contributed by atoms with Crippen molar-refractivity contribution in [1.82, 2.24) is 4.57 Å². The lowest BCUT2D eigenvalue weighted by molar-refractivity contribution is 0.00578. The van der Waals surface area contributed by atoms with Crippen LogP contribution in [0.3, 0.4) is 0 Å². The van der Waals surface area contributed by atoms with Gasteiger partial charge in [-0.3, -0.25) is 0 Å². The number of nitriles is 1. The monoisotopic (exact) mass is 416 g/mol. The average molecular weight is 416 g/mol. The number of hydrogen-bond acceptors (Lipinski definition) is 4. The molecule has 29 heavy (non-hydrogen) atoms. The summed E-state index contributed by atoms with van der Waals surface area (Å²) in [5.74, 6) is -0.546. The predicted octanol–water partition coefficient (Wildman–Crippen LogP) is 4.26. The van der Waals surface area contributed by atoms with Crippen molar-refractivity contribution in [3.05, 3.63) is 29.7 Å². The van der Waals surface area contributed by atoms with Crippen LogP contribution < -0.4 is 5.46 Å². The molecule has 1 aliphatic heterocycles. The third-order valence-corrected chi connectivity index (χ3v) is 7.56. The molecule has 0 unspecified atom stereocenters. The summed E-state index contributed by atoms with van der Waals surface area (Å²) in [6, 6.07) is 5.95. The number of aromatic nitrogens is 1. The fraction of sp³-hybridized carbons (Fsp3) is 0.571. The Balaban J connectivity index is 1.96. The quantitative estimate of drug-likeness (QED) is 0.522. The Morgan fingerprint density at radius 2 is 1.79 bits per heavy atom. The van der Waals surface area contributed by atoms with Crippen molar-refractivity contribution in [2.75, 3.05) is 6.61 Å². The van der Waals surface area contributed by atoms with E-state index in [-0.39, 0.29) is 5.56 Å². The lowest BCUT2D eigenvalue weighted by Crippen LogP contribution is -2.41. The van der Waals surface area contributed by atoms with E-state index in [1.165, 1.54) is 6.07 Å². The van der Waals surface area contributed by atoms with Gasteiger partial charge in [-0.2, -0.15) is 5.26 Å². The van der Waals surface area contributed by atoms with Gasteiger partial charge >= 0.3 is 7.12 Å². The van der Waals surface area contributed by atoms with Crippen molar-refractivity contribution in [3.63, 3.8) is 0 Å². The van der Waals surface area contributed by atoms with Crippen LogP contribution in [0.2, 0.25) is 25.7 Å². The molecule has 156 valence electrons. The number of hydrogen-bond donors (Lipinski definition) is 0. The third kappa shape index (κ3) is 4.43. The van der Waals surface area contributed by atoms with E-state index in [1.54, 1.807) is 6.07 Å². The molecule has 0 spiro atoms. The maximum atomic E-state index is 14.4. The third-order valence-electron chi connectivity index (χ3n) is 5.86. The van der Waals surface area contributed by atoms with Crippen LogP contribution in [0, 0.1) is 17.1 Å². The molecular formula is C21H30BFN2O3Si.